The Morgan fingerprint density at radius 2 is 2.13 bits per heavy atom. The van der Waals surface area contributed by atoms with Crippen molar-refractivity contribution in [1.29, 1.82) is 0 Å². The number of hydrogen-bond acceptors (Lipinski definition) is 5. The van der Waals surface area contributed by atoms with E-state index in [2.05, 4.69) is 5.32 Å². The number of amides is 2. The van der Waals surface area contributed by atoms with E-state index in [1.165, 1.54) is 12.1 Å². The first kappa shape index (κ1) is 17.4. The van der Waals surface area contributed by atoms with Crippen LogP contribution in [0.2, 0.25) is 0 Å². The fourth-order valence-electron chi connectivity index (χ4n) is 2.27. The number of carbonyl (C=O) groups excluding carboxylic acids is 2. The van der Waals surface area contributed by atoms with Gasteiger partial charge < -0.3 is 10.1 Å². The Bertz CT molecular complexity index is 681. The van der Waals surface area contributed by atoms with Crippen LogP contribution in [0.5, 0.6) is 0 Å². The van der Waals surface area contributed by atoms with Crippen molar-refractivity contribution in [3.8, 4) is 0 Å². The fraction of sp³-hybridized carbons (Fsp3) is 0.467. The van der Waals surface area contributed by atoms with Gasteiger partial charge >= 0.3 is 0 Å². The summed E-state index contributed by atoms with van der Waals surface area (Å²) in [4.78, 5) is 24.0. The van der Waals surface area contributed by atoms with Gasteiger partial charge in [-0.3, -0.25) is 9.59 Å². The summed E-state index contributed by atoms with van der Waals surface area (Å²) in [5, 5.41) is 2.67. The van der Waals surface area contributed by atoms with E-state index in [0.717, 1.165) is 6.42 Å². The average molecular weight is 340 g/mol. The highest BCUT2D eigenvalue weighted by Gasteiger charge is 2.23. The Morgan fingerprint density at radius 1 is 1.35 bits per heavy atom. The number of sulfonamides is 1. The Balaban J connectivity index is 2.04. The molecule has 23 heavy (non-hydrogen) atoms. The van der Waals surface area contributed by atoms with Crippen LogP contribution in [-0.4, -0.2) is 38.7 Å². The first-order valence-electron chi connectivity index (χ1n) is 7.48. The molecule has 1 fully saturated rings. The monoisotopic (exact) mass is 340 g/mol. The van der Waals surface area contributed by atoms with Crippen LogP contribution >= 0.6 is 0 Å². The SMILES string of the molecule is CCCS(=O)(=O)NC(=O)c1cccc(NC(=O)C2CCCO2)c1. The lowest BCUT2D eigenvalue weighted by molar-refractivity contribution is -0.124. The second kappa shape index (κ2) is 7.56. The molecule has 1 aromatic rings. The van der Waals surface area contributed by atoms with E-state index in [1.54, 1.807) is 19.1 Å². The zero-order valence-electron chi connectivity index (χ0n) is 12.9. The highest BCUT2D eigenvalue weighted by Crippen LogP contribution is 2.16. The average Bonchev–Trinajstić information content (AvgIpc) is 3.01. The topological polar surface area (TPSA) is 102 Å². The van der Waals surface area contributed by atoms with Crippen LogP contribution in [-0.2, 0) is 19.6 Å². The first-order valence-corrected chi connectivity index (χ1v) is 9.14. The molecule has 0 saturated carbocycles. The number of hydrogen-bond donors (Lipinski definition) is 2. The number of rotatable bonds is 6. The van der Waals surface area contributed by atoms with Crippen LogP contribution in [0.3, 0.4) is 0 Å². The minimum Gasteiger partial charge on any atom is -0.368 e. The normalized spacial score (nSPS) is 17.7. The third kappa shape index (κ3) is 5.04. The maximum Gasteiger partial charge on any atom is 0.264 e. The van der Waals surface area contributed by atoms with E-state index >= 15 is 0 Å². The fourth-order valence-corrected chi connectivity index (χ4v) is 3.31. The Labute approximate surface area is 135 Å². The highest BCUT2D eigenvalue weighted by molar-refractivity contribution is 7.90. The van der Waals surface area contributed by atoms with Crippen molar-refractivity contribution in [2.45, 2.75) is 32.3 Å². The van der Waals surface area contributed by atoms with E-state index < -0.39 is 22.0 Å². The largest absolute Gasteiger partial charge is 0.368 e. The second-order valence-electron chi connectivity index (χ2n) is 5.32. The second-order valence-corrected chi connectivity index (χ2v) is 7.16. The molecule has 0 radical (unpaired) electrons. The molecule has 1 saturated heterocycles. The van der Waals surface area contributed by atoms with Crippen molar-refractivity contribution in [1.82, 2.24) is 4.72 Å². The van der Waals surface area contributed by atoms with Gasteiger partial charge in [-0.15, -0.1) is 0 Å². The summed E-state index contributed by atoms with van der Waals surface area (Å²) in [7, 11) is -3.63. The molecular weight excluding hydrogens is 320 g/mol. The first-order chi connectivity index (χ1) is 10.9. The third-order valence-electron chi connectivity index (χ3n) is 3.34. The van der Waals surface area contributed by atoms with Gasteiger partial charge in [0.2, 0.25) is 10.0 Å². The van der Waals surface area contributed by atoms with E-state index in [0.29, 0.717) is 25.1 Å². The molecule has 2 N–H and O–H groups in total. The van der Waals surface area contributed by atoms with Crippen molar-refractivity contribution in [2.24, 2.45) is 0 Å². The zero-order valence-corrected chi connectivity index (χ0v) is 13.7. The van der Waals surface area contributed by atoms with Crippen LogP contribution in [0.1, 0.15) is 36.5 Å². The smallest absolute Gasteiger partial charge is 0.264 e. The van der Waals surface area contributed by atoms with Crippen LogP contribution in [0.25, 0.3) is 0 Å². The molecule has 7 nitrogen and oxygen atoms in total. The minimum atomic E-state index is -3.63. The quantitative estimate of drug-likeness (QED) is 0.812. The summed E-state index contributed by atoms with van der Waals surface area (Å²) < 4.78 is 30.6. The molecule has 2 rings (SSSR count). The molecule has 0 bridgehead atoms. The van der Waals surface area contributed by atoms with Crippen LogP contribution in [0, 0.1) is 0 Å². The number of ether oxygens (including phenoxy) is 1. The van der Waals surface area contributed by atoms with Gasteiger partial charge in [-0.2, -0.15) is 0 Å². The molecule has 8 heteroatoms. The van der Waals surface area contributed by atoms with Crippen molar-refractivity contribution in [3.05, 3.63) is 29.8 Å². The summed E-state index contributed by atoms with van der Waals surface area (Å²) in [6.07, 6.45) is 1.45. The van der Waals surface area contributed by atoms with Gasteiger partial charge in [-0.1, -0.05) is 13.0 Å². The molecule has 1 atom stereocenters. The maximum atomic E-state index is 12.0. The summed E-state index contributed by atoms with van der Waals surface area (Å²) in [5.41, 5.74) is 0.584. The van der Waals surface area contributed by atoms with Gasteiger partial charge in [0.1, 0.15) is 6.10 Å². The summed E-state index contributed by atoms with van der Waals surface area (Å²) in [5.74, 6) is -1.10. The lowest BCUT2D eigenvalue weighted by atomic mass is 10.2. The summed E-state index contributed by atoms with van der Waals surface area (Å²) >= 11 is 0. The molecular formula is C15H20N2O5S. The number of carbonyl (C=O) groups is 2. The number of nitrogens with one attached hydrogen (secondary N) is 2. The molecule has 126 valence electrons. The van der Waals surface area contributed by atoms with Crippen molar-refractivity contribution >= 4 is 27.5 Å². The van der Waals surface area contributed by atoms with Crippen molar-refractivity contribution in [3.63, 3.8) is 0 Å². The van der Waals surface area contributed by atoms with Crippen molar-refractivity contribution < 1.29 is 22.7 Å². The van der Waals surface area contributed by atoms with Gasteiger partial charge in [0.05, 0.1) is 5.75 Å². The molecule has 0 aliphatic carbocycles. The highest BCUT2D eigenvalue weighted by atomic mass is 32.2. The predicted molar refractivity (Wildman–Crippen MR) is 85.6 cm³/mol. The molecule has 0 aromatic heterocycles. The summed E-state index contributed by atoms with van der Waals surface area (Å²) in [6, 6.07) is 6.12. The molecule has 0 spiro atoms. The van der Waals surface area contributed by atoms with Crippen molar-refractivity contribution in [2.75, 3.05) is 17.7 Å². The van der Waals surface area contributed by atoms with E-state index in [9.17, 15) is 18.0 Å². The summed E-state index contributed by atoms with van der Waals surface area (Å²) in [6.45, 7) is 2.28. The molecule has 1 heterocycles. The number of benzene rings is 1. The number of anilines is 1. The van der Waals surface area contributed by atoms with Gasteiger partial charge in [0.25, 0.3) is 11.8 Å². The maximum absolute atomic E-state index is 12.0. The molecule has 1 aromatic carbocycles. The van der Waals surface area contributed by atoms with Crippen LogP contribution < -0.4 is 10.0 Å². The van der Waals surface area contributed by atoms with E-state index in [1.807, 2.05) is 4.72 Å². The van der Waals surface area contributed by atoms with Gasteiger partial charge in [-0.25, -0.2) is 13.1 Å². The van der Waals surface area contributed by atoms with Gasteiger partial charge in [0.15, 0.2) is 0 Å². The third-order valence-corrected chi connectivity index (χ3v) is 4.78. The Morgan fingerprint density at radius 3 is 2.78 bits per heavy atom. The van der Waals surface area contributed by atoms with Gasteiger partial charge in [0, 0.05) is 17.9 Å². The van der Waals surface area contributed by atoms with E-state index in [-0.39, 0.29) is 17.2 Å². The molecule has 2 amide bonds. The lowest BCUT2D eigenvalue weighted by Gasteiger charge is -2.11. The molecule has 1 aliphatic rings. The van der Waals surface area contributed by atoms with Gasteiger partial charge in [-0.05, 0) is 37.5 Å². The lowest BCUT2D eigenvalue weighted by Crippen LogP contribution is -2.32. The zero-order chi connectivity index (χ0) is 16.9. The van der Waals surface area contributed by atoms with E-state index in [4.69, 9.17) is 4.74 Å². The minimum absolute atomic E-state index is 0.117. The Hall–Kier alpha value is -1.93. The Kier molecular flexibility index (Phi) is 5.73. The standard InChI is InChI=1S/C15H20N2O5S/c1-2-9-23(20,21)17-14(18)11-5-3-6-12(10-11)16-15(19)13-7-4-8-22-13/h3,5-6,10,13H,2,4,7-9H2,1H3,(H,16,19)(H,17,18). The molecule has 1 aliphatic heterocycles. The van der Waals surface area contributed by atoms with Crippen LogP contribution in [0.4, 0.5) is 5.69 Å². The van der Waals surface area contributed by atoms with Crippen LogP contribution in [0.15, 0.2) is 24.3 Å². The molecule has 1 unspecified atom stereocenters. The predicted octanol–water partition coefficient (Wildman–Crippen LogP) is 1.27.